The number of sulfonamides is 1. The Bertz CT molecular complexity index is 836. The fraction of sp³-hybridized carbons (Fsp3) is 0.133. The molecular weight excluding hydrogens is 386 g/mol. The van der Waals surface area contributed by atoms with E-state index in [1.54, 1.807) is 18.2 Å². The van der Waals surface area contributed by atoms with Crippen LogP contribution >= 0.6 is 15.9 Å². The number of rotatable bonds is 6. The Morgan fingerprint density at radius 1 is 1.26 bits per heavy atom. The Morgan fingerprint density at radius 2 is 1.96 bits per heavy atom. The van der Waals surface area contributed by atoms with Gasteiger partial charge in [-0.2, -0.15) is 0 Å². The molecule has 2 aromatic rings. The van der Waals surface area contributed by atoms with Crippen molar-refractivity contribution in [2.45, 2.75) is 11.5 Å². The van der Waals surface area contributed by atoms with Crippen molar-refractivity contribution in [1.29, 1.82) is 0 Å². The van der Waals surface area contributed by atoms with Gasteiger partial charge < -0.3 is 9.84 Å². The third kappa shape index (κ3) is 4.10. The number of ether oxygens (including phenoxy) is 1. The summed E-state index contributed by atoms with van der Waals surface area (Å²) >= 11 is 3.35. The Morgan fingerprint density at radius 3 is 2.61 bits per heavy atom. The van der Waals surface area contributed by atoms with Crippen LogP contribution in [0.4, 0.5) is 5.69 Å². The zero-order valence-corrected chi connectivity index (χ0v) is 14.5. The van der Waals surface area contributed by atoms with E-state index in [2.05, 4.69) is 20.7 Å². The topological polar surface area (TPSA) is 92.7 Å². The minimum atomic E-state index is -3.92. The number of methoxy groups -OCH3 is 1. The monoisotopic (exact) mass is 399 g/mol. The van der Waals surface area contributed by atoms with Crippen LogP contribution in [0.1, 0.15) is 15.9 Å². The van der Waals surface area contributed by atoms with Crippen LogP contribution < -0.4 is 4.72 Å². The highest BCUT2D eigenvalue weighted by molar-refractivity contribution is 9.10. The summed E-state index contributed by atoms with van der Waals surface area (Å²) in [6.45, 7) is 0.217. The smallest absolute Gasteiger partial charge is 0.335 e. The van der Waals surface area contributed by atoms with Gasteiger partial charge in [0.1, 0.15) is 0 Å². The van der Waals surface area contributed by atoms with Crippen LogP contribution in [-0.2, 0) is 21.4 Å². The van der Waals surface area contributed by atoms with E-state index in [9.17, 15) is 13.2 Å². The van der Waals surface area contributed by atoms with Gasteiger partial charge in [0.05, 0.1) is 22.8 Å². The van der Waals surface area contributed by atoms with E-state index in [0.717, 1.165) is 6.07 Å². The normalized spacial score (nSPS) is 11.2. The molecule has 0 atom stereocenters. The van der Waals surface area contributed by atoms with Gasteiger partial charge in [0.25, 0.3) is 10.0 Å². The SMILES string of the molecule is COCc1c(Br)cccc1NS(=O)(=O)c1cccc(C(=O)O)c1. The first-order valence-corrected chi connectivity index (χ1v) is 8.75. The van der Waals surface area contributed by atoms with E-state index in [-0.39, 0.29) is 17.1 Å². The number of carboxylic acid groups (broad SMARTS) is 1. The van der Waals surface area contributed by atoms with E-state index < -0.39 is 16.0 Å². The molecule has 0 heterocycles. The lowest BCUT2D eigenvalue weighted by Crippen LogP contribution is -2.15. The van der Waals surface area contributed by atoms with Gasteiger partial charge in [-0.05, 0) is 30.3 Å². The second-order valence-electron chi connectivity index (χ2n) is 4.64. The quantitative estimate of drug-likeness (QED) is 0.778. The van der Waals surface area contributed by atoms with Crippen molar-refractivity contribution in [2.24, 2.45) is 0 Å². The number of hydrogen-bond donors (Lipinski definition) is 2. The van der Waals surface area contributed by atoms with Gasteiger partial charge in [0, 0.05) is 17.1 Å². The molecule has 0 aromatic heterocycles. The number of benzene rings is 2. The Labute approximate surface area is 142 Å². The molecule has 2 N–H and O–H groups in total. The Balaban J connectivity index is 2.41. The molecule has 0 saturated heterocycles. The molecule has 2 rings (SSSR count). The molecule has 0 radical (unpaired) electrons. The van der Waals surface area contributed by atoms with Crippen molar-refractivity contribution >= 4 is 37.6 Å². The molecule has 122 valence electrons. The molecule has 8 heteroatoms. The molecule has 0 bridgehead atoms. The van der Waals surface area contributed by atoms with Gasteiger partial charge in [0.2, 0.25) is 0 Å². The highest BCUT2D eigenvalue weighted by Crippen LogP contribution is 2.27. The number of anilines is 1. The van der Waals surface area contributed by atoms with Crippen molar-refractivity contribution < 1.29 is 23.1 Å². The number of hydrogen-bond acceptors (Lipinski definition) is 4. The lowest BCUT2D eigenvalue weighted by atomic mass is 10.2. The van der Waals surface area contributed by atoms with Crippen LogP contribution in [0.25, 0.3) is 0 Å². The first-order chi connectivity index (χ1) is 10.8. The maximum atomic E-state index is 12.5. The van der Waals surface area contributed by atoms with Gasteiger partial charge in [-0.3, -0.25) is 4.72 Å². The second kappa shape index (κ2) is 7.12. The van der Waals surface area contributed by atoms with Crippen molar-refractivity contribution in [1.82, 2.24) is 0 Å². The van der Waals surface area contributed by atoms with Crippen molar-refractivity contribution in [3.63, 3.8) is 0 Å². The van der Waals surface area contributed by atoms with E-state index >= 15 is 0 Å². The Kier molecular flexibility index (Phi) is 5.40. The highest BCUT2D eigenvalue weighted by Gasteiger charge is 2.18. The van der Waals surface area contributed by atoms with Gasteiger partial charge in [-0.1, -0.05) is 28.1 Å². The molecular formula is C15H14BrNO5S. The molecule has 0 unspecified atom stereocenters. The predicted molar refractivity (Wildman–Crippen MR) is 89.1 cm³/mol. The second-order valence-corrected chi connectivity index (χ2v) is 7.17. The molecule has 6 nitrogen and oxygen atoms in total. The van der Waals surface area contributed by atoms with Gasteiger partial charge in [0.15, 0.2) is 0 Å². The molecule has 0 aliphatic heterocycles. The molecule has 0 amide bonds. The fourth-order valence-corrected chi connectivity index (χ4v) is 3.56. The average Bonchev–Trinajstić information content (AvgIpc) is 2.50. The van der Waals surface area contributed by atoms with Gasteiger partial charge in [-0.15, -0.1) is 0 Å². The summed E-state index contributed by atoms with van der Waals surface area (Å²) in [6, 6.07) is 10.2. The zero-order valence-electron chi connectivity index (χ0n) is 12.1. The first-order valence-electron chi connectivity index (χ1n) is 6.47. The molecule has 2 aromatic carbocycles. The summed E-state index contributed by atoms with van der Waals surface area (Å²) in [5, 5.41) is 8.98. The summed E-state index contributed by atoms with van der Waals surface area (Å²) in [7, 11) is -2.41. The van der Waals surface area contributed by atoms with Crippen LogP contribution in [0, 0.1) is 0 Å². The van der Waals surface area contributed by atoms with E-state index in [0.29, 0.717) is 15.7 Å². The summed E-state index contributed by atoms with van der Waals surface area (Å²) in [6.07, 6.45) is 0. The third-order valence-electron chi connectivity index (χ3n) is 3.04. The predicted octanol–water partition coefficient (Wildman–Crippen LogP) is 3.09. The summed E-state index contributed by atoms with van der Waals surface area (Å²) < 4.78 is 33.2. The maximum Gasteiger partial charge on any atom is 0.335 e. The number of carbonyl (C=O) groups is 1. The van der Waals surface area contributed by atoms with Crippen molar-refractivity contribution in [2.75, 3.05) is 11.8 Å². The lowest BCUT2D eigenvalue weighted by Gasteiger charge is -2.14. The van der Waals surface area contributed by atoms with Crippen LogP contribution in [0.3, 0.4) is 0 Å². The number of aromatic carboxylic acids is 1. The van der Waals surface area contributed by atoms with E-state index in [1.165, 1.54) is 25.3 Å². The van der Waals surface area contributed by atoms with E-state index in [1.807, 2.05) is 0 Å². The van der Waals surface area contributed by atoms with Crippen LogP contribution in [-0.4, -0.2) is 26.6 Å². The van der Waals surface area contributed by atoms with Gasteiger partial charge in [-0.25, -0.2) is 13.2 Å². The summed E-state index contributed by atoms with van der Waals surface area (Å²) in [5.41, 5.74) is 0.911. The molecule has 0 aliphatic rings. The van der Waals surface area contributed by atoms with Crippen molar-refractivity contribution in [3.05, 3.63) is 58.1 Å². The molecule has 0 spiro atoms. The van der Waals surface area contributed by atoms with Crippen LogP contribution in [0.2, 0.25) is 0 Å². The molecule has 0 saturated carbocycles. The average molecular weight is 400 g/mol. The van der Waals surface area contributed by atoms with Crippen molar-refractivity contribution in [3.8, 4) is 0 Å². The minimum Gasteiger partial charge on any atom is -0.478 e. The van der Waals surface area contributed by atoms with E-state index in [4.69, 9.17) is 9.84 Å². The van der Waals surface area contributed by atoms with Crippen LogP contribution in [0.5, 0.6) is 0 Å². The molecule has 23 heavy (non-hydrogen) atoms. The number of nitrogens with one attached hydrogen (secondary N) is 1. The Hall–Kier alpha value is -1.90. The fourth-order valence-electron chi connectivity index (χ4n) is 1.95. The molecule has 0 aliphatic carbocycles. The number of carboxylic acids is 1. The zero-order chi connectivity index (χ0) is 17.0. The summed E-state index contributed by atoms with van der Waals surface area (Å²) in [5.74, 6) is -1.19. The minimum absolute atomic E-state index is 0.0979. The molecule has 0 fully saturated rings. The van der Waals surface area contributed by atoms with Gasteiger partial charge >= 0.3 is 5.97 Å². The first kappa shape index (κ1) is 17.5. The standard InChI is InChI=1S/C15H14BrNO5S/c1-22-9-12-13(16)6-3-7-14(12)17-23(20,21)11-5-2-4-10(8-11)15(18)19/h2-8,17H,9H2,1H3,(H,18,19). The van der Waals surface area contributed by atoms with Crippen LogP contribution in [0.15, 0.2) is 51.8 Å². The summed E-state index contributed by atoms with van der Waals surface area (Å²) in [4.78, 5) is 10.9. The lowest BCUT2D eigenvalue weighted by molar-refractivity contribution is 0.0696. The highest BCUT2D eigenvalue weighted by atomic mass is 79.9. The maximum absolute atomic E-state index is 12.5. The number of halogens is 1. The third-order valence-corrected chi connectivity index (χ3v) is 5.15. The largest absolute Gasteiger partial charge is 0.478 e.